The van der Waals surface area contributed by atoms with E-state index in [0.29, 0.717) is 25.3 Å². The van der Waals surface area contributed by atoms with Crippen molar-refractivity contribution >= 4 is 11.7 Å². The van der Waals surface area contributed by atoms with Crippen LogP contribution in [0, 0.1) is 17.2 Å². The highest BCUT2D eigenvalue weighted by Crippen LogP contribution is 2.23. The van der Waals surface area contributed by atoms with Crippen LogP contribution in [0.5, 0.6) is 0 Å². The first-order chi connectivity index (χ1) is 8.74. The Hall–Kier alpha value is -2.65. The number of nitrogens with zero attached hydrogens (tertiary/aromatic N) is 7. The van der Waals surface area contributed by atoms with E-state index in [0.717, 1.165) is 0 Å². The summed E-state index contributed by atoms with van der Waals surface area (Å²) in [6, 6.07) is 1.86. The molecule has 0 N–H and O–H groups in total. The van der Waals surface area contributed by atoms with Gasteiger partial charge in [-0.3, -0.25) is 9.69 Å². The lowest BCUT2D eigenvalue weighted by Crippen LogP contribution is -2.25. The van der Waals surface area contributed by atoms with Crippen molar-refractivity contribution in [3.63, 3.8) is 0 Å². The topological polar surface area (TPSA) is 119 Å². The molecule has 0 radical (unpaired) electrons. The lowest BCUT2D eigenvalue weighted by molar-refractivity contribution is -0.117. The van der Waals surface area contributed by atoms with Gasteiger partial charge in [0, 0.05) is 24.4 Å². The first-order valence-corrected chi connectivity index (χ1v) is 5.28. The summed E-state index contributed by atoms with van der Waals surface area (Å²) < 4.78 is 0. The number of nitriles is 1. The summed E-state index contributed by atoms with van der Waals surface area (Å²) in [6.45, 7) is 0.751. The number of aromatic nitrogens is 2. The SMILES string of the molecule is N#Cc1cnc(N2CC(CN=[N+]=[N-])CC2=O)cn1. The molecule has 1 fully saturated rings. The van der Waals surface area contributed by atoms with E-state index < -0.39 is 0 Å². The highest BCUT2D eigenvalue weighted by atomic mass is 16.2. The molecule has 0 aromatic carbocycles. The van der Waals surface area contributed by atoms with Gasteiger partial charge >= 0.3 is 0 Å². The summed E-state index contributed by atoms with van der Waals surface area (Å²) in [7, 11) is 0. The molecule has 18 heavy (non-hydrogen) atoms. The molecule has 1 amide bonds. The largest absolute Gasteiger partial charge is 0.295 e. The number of hydrogen-bond acceptors (Lipinski definition) is 5. The third-order valence-corrected chi connectivity index (χ3v) is 2.64. The van der Waals surface area contributed by atoms with Crippen molar-refractivity contribution in [1.82, 2.24) is 9.97 Å². The quantitative estimate of drug-likeness (QED) is 0.447. The standard InChI is InChI=1S/C10H9N7O/c11-2-8-4-14-9(5-13-8)17-6-7(1-10(17)18)3-15-16-12/h4-5,7H,1,3,6H2. The van der Waals surface area contributed by atoms with Crippen LogP contribution < -0.4 is 4.90 Å². The van der Waals surface area contributed by atoms with E-state index in [9.17, 15) is 4.79 Å². The van der Waals surface area contributed by atoms with E-state index in [4.69, 9.17) is 10.8 Å². The van der Waals surface area contributed by atoms with E-state index in [2.05, 4.69) is 20.0 Å². The van der Waals surface area contributed by atoms with Gasteiger partial charge in [0.05, 0.1) is 12.4 Å². The summed E-state index contributed by atoms with van der Waals surface area (Å²) in [5.41, 5.74) is 8.44. The van der Waals surface area contributed by atoms with Crippen LogP contribution in [0.1, 0.15) is 12.1 Å². The van der Waals surface area contributed by atoms with Gasteiger partial charge in [-0.05, 0) is 11.4 Å². The van der Waals surface area contributed by atoms with Crippen molar-refractivity contribution in [2.75, 3.05) is 18.0 Å². The Balaban J connectivity index is 2.11. The normalized spacial score (nSPS) is 18.3. The minimum Gasteiger partial charge on any atom is -0.295 e. The highest BCUT2D eigenvalue weighted by Gasteiger charge is 2.30. The third-order valence-electron chi connectivity index (χ3n) is 2.64. The number of amides is 1. The molecule has 0 aliphatic carbocycles. The Morgan fingerprint density at radius 2 is 2.44 bits per heavy atom. The molecular weight excluding hydrogens is 234 g/mol. The molecule has 1 aliphatic rings. The van der Waals surface area contributed by atoms with Crippen LogP contribution in [0.3, 0.4) is 0 Å². The van der Waals surface area contributed by atoms with Gasteiger partial charge in [-0.1, -0.05) is 5.11 Å². The number of azide groups is 1. The molecule has 1 aromatic heterocycles. The van der Waals surface area contributed by atoms with Crippen molar-refractivity contribution in [2.24, 2.45) is 11.0 Å². The molecule has 90 valence electrons. The van der Waals surface area contributed by atoms with Crippen LogP contribution in [0.2, 0.25) is 0 Å². The summed E-state index contributed by atoms with van der Waals surface area (Å²) in [4.78, 5) is 23.8. The summed E-state index contributed by atoms with van der Waals surface area (Å²) in [5, 5.41) is 12.1. The Morgan fingerprint density at radius 1 is 1.61 bits per heavy atom. The molecule has 0 saturated carbocycles. The molecule has 8 nitrogen and oxygen atoms in total. The Morgan fingerprint density at radius 3 is 3.06 bits per heavy atom. The molecule has 2 rings (SSSR count). The number of hydrogen-bond donors (Lipinski definition) is 0. The van der Waals surface area contributed by atoms with Gasteiger partial charge in [0.15, 0.2) is 11.5 Å². The zero-order valence-electron chi connectivity index (χ0n) is 9.39. The zero-order chi connectivity index (χ0) is 13.0. The fraction of sp³-hybridized carbons (Fsp3) is 0.400. The predicted molar refractivity (Wildman–Crippen MR) is 61.2 cm³/mol. The van der Waals surface area contributed by atoms with Crippen LogP contribution in [0.4, 0.5) is 5.82 Å². The van der Waals surface area contributed by atoms with E-state index in [1.165, 1.54) is 17.3 Å². The van der Waals surface area contributed by atoms with Crippen LogP contribution in [0.25, 0.3) is 10.4 Å². The smallest absolute Gasteiger partial charge is 0.228 e. The van der Waals surface area contributed by atoms with Crippen molar-refractivity contribution < 1.29 is 4.79 Å². The fourth-order valence-electron chi connectivity index (χ4n) is 1.80. The minimum absolute atomic E-state index is 0.00541. The van der Waals surface area contributed by atoms with E-state index in [-0.39, 0.29) is 17.5 Å². The maximum atomic E-state index is 11.8. The summed E-state index contributed by atoms with van der Waals surface area (Å²) >= 11 is 0. The van der Waals surface area contributed by atoms with Crippen molar-refractivity contribution in [3.8, 4) is 6.07 Å². The molecule has 1 unspecified atom stereocenters. The summed E-state index contributed by atoms with van der Waals surface area (Å²) in [6.07, 6.45) is 3.05. The number of anilines is 1. The summed E-state index contributed by atoms with van der Waals surface area (Å²) in [5.74, 6) is 0.348. The van der Waals surface area contributed by atoms with Gasteiger partial charge in [0.1, 0.15) is 6.07 Å². The van der Waals surface area contributed by atoms with Crippen LogP contribution in [-0.4, -0.2) is 29.0 Å². The van der Waals surface area contributed by atoms with Crippen LogP contribution in [-0.2, 0) is 4.79 Å². The first-order valence-electron chi connectivity index (χ1n) is 5.28. The Bertz CT molecular complexity index is 540. The number of carbonyl (C=O) groups excluding carboxylic acids is 1. The minimum atomic E-state index is -0.0767. The maximum absolute atomic E-state index is 11.8. The van der Waals surface area contributed by atoms with Gasteiger partial charge in [-0.2, -0.15) is 5.26 Å². The van der Waals surface area contributed by atoms with Gasteiger partial charge in [0.25, 0.3) is 0 Å². The average molecular weight is 243 g/mol. The lowest BCUT2D eigenvalue weighted by atomic mass is 10.1. The lowest BCUT2D eigenvalue weighted by Gasteiger charge is -2.14. The zero-order valence-corrected chi connectivity index (χ0v) is 9.39. The molecular formula is C10H9N7O. The number of carbonyl (C=O) groups is 1. The monoisotopic (exact) mass is 243 g/mol. The van der Waals surface area contributed by atoms with E-state index in [1.54, 1.807) is 0 Å². The molecule has 0 bridgehead atoms. The molecule has 1 atom stereocenters. The van der Waals surface area contributed by atoms with E-state index in [1.807, 2.05) is 6.07 Å². The van der Waals surface area contributed by atoms with E-state index >= 15 is 0 Å². The Labute approximate surface area is 103 Å². The predicted octanol–water partition coefficient (Wildman–Crippen LogP) is 1.01. The molecule has 8 heteroatoms. The molecule has 2 heterocycles. The van der Waals surface area contributed by atoms with Crippen LogP contribution >= 0.6 is 0 Å². The Kier molecular flexibility index (Phi) is 3.36. The van der Waals surface area contributed by atoms with Gasteiger partial charge in [-0.25, -0.2) is 9.97 Å². The maximum Gasteiger partial charge on any atom is 0.228 e. The second-order valence-corrected chi connectivity index (χ2v) is 3.86. The van der Waals surface area contributed by atoms with Gasteiger partial charge < -0.3 is 0 Å². The van der Waals surface area contributed by atoms with Crippen molar-refractivity contribution in [3.05, 3.63) is 28.5 Å². The third kappa shape index (κ3) is 2.36. The second-order valence-electron chi connectivity index (χ2n) is 3.86. The number of rotatable bonds is 3. The average Bonchev–Trinajstić information content (AvgIpc) is 2.78. The molecule has 1 aromatic rings. The van der Waals surface area contributed by atoms with Gasteiger partial charge in [-0.15, -0.1) is 0 Å². The molecule has 0 spiro atoms. The van der Waals surface area contributed by atoms with Crippen molar-refractivity contribution in [2.45, 2.75) is 6.42 Å². The molecule has 1 aliphatic heterocycles. The first kappa shape index (κ1) is 11.8. The van der Waals surface area contributed by atoms with Crippen LogP contribution in [0.15, 0.2) is 17.5 Å². The molecule has 1 saturated heterocycles. The highest BCUT2D eigenvalue weighted by molar-refractivity contribution is 5.94. The van der Waals surface area contributed by atoms with Gasteiger partial charge in [0.2, 0.25) is 5.91 Å². The van der Waals surface area contributed by atoms with Crippen molar-refractivity contribution in [1.29, 1.82) is 5.26 Å². The second kappa shape index (κ2) is 5.12. The fourth-order valence-corrected chi connectivity index (χ4v) is 1.80.